The SMILES string of the molecule is O=C(CCBr)NCc1cc(-c2cccs2)on1. The fraction of sp³-hybridized carbons (Fsp3) is 0.273. The minimum absolute atomic E-state index is 0.00236. The van der Waals surface area contributed by atoms with Crippen LogP contribution in [0.5, 0.6) is 0 Å². The molecule has 2 rings (SSSR count). The van der Waals surface area contributed by atoms with Crippen LogP contribution in [0.2, 0.25) is 0 Å². The average Bonchev–Trinajstić information content (AvgIpc) is 2.97. The summed E-state index contributed by atoms with van der Waals surface area (Å²) in [5.41, 5.74) is 0.733. The van der Waals surface area contributed by atoms with E-state index < -0.39 is 0 Å². The Morgan fingerprint density at radius 3 is 3.18 bits per heavy atom. The van der Waals surface area contributed by atoms with Crippen LogP contribution in [0.4, 0.5) is 0 Å². The number of alkyl halides is 1. The number of carbonyl (C=O) groups is 1. The molecule has 1 amide bonds. The number of halogens is 1. The summed E-state index contributed by atoms with van der Waals surface area (Å²) in [5.74, 6) is 0.743. The van der Waals surface area contributed by atoms with Crippen molar-refractivity contribution in [1.82, 2.24) is 10.5 Å². The smallest absolute Gasteiger partial charge is 0.221 e. The number of amides is 1. The number of nitrogens with zero attached hydrogens (tertiary/aromatic N) is 1. The Balaban J connectivity index is 1.93. The Morgan fingerprint density at radius 1 is 1.59 bits per heavy atom. The standard InChI is InChI=1S/C11H11BrN2O2S/c12-4-3-11(15)13-7-8-6-9(16-14-8)10-2-1-5-17-10/h1-2,5-6H,3-4,7H2,(H,13,15). The van der Waals surface area contributed by atoms with Gasteiger partial charge in [-0.1, -0.05) is 27.2 Å². The summed E-state index contributed by atoms with van der Waals surface area (Å²) in [7, 11) is 0. The van der Waals surface area contributed by atoms with E-state index >= 15 is 0 Å². The van der Waals surface area contributed by atoms with Crippen LogP contribution in [0.15, 0.2) is 28.1 Å². The van der Waals surface area contributed by atoms with Gasteiger partial charge in [0, 0.05) is 17.8 Å². The first kappa shape index (κ1) is 12.3. The van der Waals surface area contributed by atoms with Gasteiger partial charge in [-0.3, -0.25) is 4.79 Å². The fourth-order valence-corrected chi connectivity index (χ4v) is 2.33. The summed E-state index contributed by atoms with van der Waals surface area (Å²) in [6.45, 7) is 0.403. The molecule has 0 aromatic carbocycles. The maximum atomic E-state index is 11.3. The van der Waals surface area contributed by atoms with Crippen LogP contribution in [0, 0.1) is 0 Å². The summed E-state index contributed by atoms with van der Waals surface area (Å²) < 4.78 is 5.20. The molecule has 0 unspecified atom stereocenters. The Bertz CT molecular complexity index is 481. The van der Waals surface area contributed by atoms with Gasteiger partial charge in [0.2, 0.25) is 5.91 Å². The Labute approximate surface area is 111 Å². The number of aromatic nitrogens is 1. The molecule has 0 bridgehead atoms. The molecule has 2 aromatic rings. The topological polar surface area (TPSA) is 55.1 Å². The summed E-state index contributed by atoms with van der Waals surface area (Å²) in [5, 5.41) is 9.33. The van der Waals surface area contributed by atoms with Crippen molar-refractivity contribution >= 4 is 33.2 Å². The second-order valence-corrected chi connectivity index (χ2v) is 5.12. The van der Waals surface area contributed by atoms with Gasteiger partial charge in [0.1, 0.15) is 5.69 Å². The van der Waals surface area contributed by atoms with Gasteiger partial charge in [0.25, 0.3) is 0 Å². The molecule has 17 heavy (non-hydrogen) atoms. The molecule has 0 saturated heterocycles. The van der Waals surface area contributed by atoms with E-state index in [4.69, 9.17) is 4.52 Å². The number of carbonyl (C=O) groups excluding carboxylic acids is 1. The van der Waals surface area contributed by atoms with Crippen LogP contribution >= 0.6 is 27.3 Å². The highest BCUT2D eigenvalue weighted by molar-refractivity contribution is 9.09. The Morgan fingerprint density at radius 2 is 2.47 bits per heavy atom. The monoisotopic (exact) mass is 314 g/mol. The van der Waals surface area contributed by atoms with Gasteiger partial charge in [0.05, 0.1) is 11.4 Å². The van der Waals surface area contributed by atoms with Gasteiger partial charge in [-0.25, -0.2) is 0 Å². The lowest BCUT2D eigenvalue weighted by molar-refractivity contribution is -0.120. The van der Waals surface area contributed by atoms with Crippen molar-refractivity contribution in [2.75, 3.05) is 5.33 Å². The molecule has 0 atom stereocenters. The second kappa shape index (κ2) is 5.97. The minimum atomic E-state index is 0.00236. The van der Waals surface area contributed by atoms with Crippen molar-refractivity contribution in [3.05, 3.63) is 29.3 Å². The molecule has 0 saturated carbocycles. The molecule has 0 fully saturated rings. The van der Waals surface area contributed by atoms with Crippen molar-refractivity contribution in [2.24, 2.45) is 0 Å². The summed E-state index contributed by atoms with van der Waals surface area (Å²) in [6.07, 6.45) is 0.468. The Hall–Kier alpha value is -1.14. The number of hydrogen-bond donors (Lipinski definition) is 1. The molecule has 2 heterocycles. The van der Waals surface area contributed by atoms with E-state index in [9.17, 15) is 4.79 Å². The number of hydrogen-bond acceptors (Lipinski definition) is 4. The summed E-state index contributed by atoms with van der Waals surface area (Å²) in [4.78, 5) is 12.3. The molecule has 0 radical (unpaired) electrons. The van der Waals surface area contributed by atoms with E-state index in [-0.39, 0.29) is 5.91 Å². The van der Waals surface area contributed by atoms with E-state index in [1.54, 1.807) is 11.3 Å². The summed E-state index contributed by atoms with van der Waals surface area (Å²) >= 11 is 4.81. The molecule has 0 aliphatic heterocycles. The molecular weight excluding hydrogens is 304 g/mol. The van der Waals surface area contributed by atoms with Gasteiger partial charge in [-0.15, -0.1) is 11.3 Å². The van der Waals surface area contributed by atoms with Gasteiger partial charge in [-0.2, -0.15) is 0 Å². The van der Waals surface area contributed by atoms with E-state index in [2.05, 4.69) is 26.4 Å². The molecule has 4 nitrogen and oxygen atoms in total. The van der Waals surface area contributed by atoms with Gasteiger partial charge in [0.15, 0.2) is 5.76 Å². The maximum Gasteiger partial charge on any atom is 0.221 e. The van der Waals surface area contributed by atoms with Crippen LogP contribution in [0.25, 0.3) is 10.6 Å². The van der Waals surface area contributed by atoms with E-state index in [1.807, 2.05) is 23.6 Å². The third-order valence-electron chi connectivity index (χ3n) is 2.11. The van der Waals surface area contributed by atoms with Crippen molar-refractivity contribution < 1.29 is 9.32 Å². The molecular formula is C11H11BrN2O2S. The number of thiophene rings is 1. The first-order valence-electron chi connectivity index (χ1n) is 5.11. The van der Waals surface area contributed by atoms with Crippen LogP contribution in [0.3, 0.4) is 0 Å². The van der Waals surface area contributed by atoms with Crippen molar-refractivity contribution in [1.29, 1.82) is 0 Å². The quantitative estimate of drug-likeness (QED) is 0.863. The summed E-state index contributed by atoms with van der Waals surface area (Å²) in [6, 6.07) is 5.78. The van der Waals surface area contributed by atoms with Crippen LogP contribution in [-0.4, -0.2) is 16.4 Å². The van der Waals surface area contributed by atoms with Gasteiger partial charge < -0.3 is 9.84 Å². The van der Waals surface area contributed by atoms with Crippen molar-refractivity contribution in [3.63, 3.8) is 0 Å². The van der Waals surface area contributed by atoms with Crippen LogP contribution < -0.4 is 5.32 Å². The van der Waals surface area contributed by atoms with Crippen molar-refractivity contribution in [3.8, 4) is 10.6 Å². The first-order chi connectivity index (χ1) is 8.29. The van der Waals surface area contributed by atoms with E-state index in [1.165, 1.54) is 0 Å². The first-order valence-corrected chi connectivity index (χ1v) is 7.12. The van der Waals surface area contributed by atoms with E-state index in [0.29, 0.717) is 18.3 Å². The second-order valence-electron chi connectivity index (χ2n) is 3.38. The lowest BCUT2D eigenvalue weighted by Gasteiger charge is -1.99. The van der Waals surface area contributed by atoms with E-state index in [0.717, 1.165) is 16.3 Å². The maximum absolute atomic E-state index is 11.3. The largest absolute Gasteiger partial charge is 0.355 e. The molecule has 1 N–H and O–H groups in total. The highest BCUT2D eigenvalue weighted by Crippen LogP contribution is 2.24. The van der Waals surface area contributed by atoms with Gasteiger partial charge in [-0.05, 0) is 11.4 Å². The molecule has 0 aliphatic rings. The van der Waals surface area contributed by atoms with Crippen molar-refractivity contribution in [2.45, 2.75) is 13.0 Å². The van der Waals surface area contributed by atoms with Gasteiger partial charge >= 0.3 is 0 Å². The molecule has 0 spiro atoms. The molecule has 90 valence electrons. The minimum Gasteiger partial charge on any atom is -0.355 e. The van der Waals surface area contributed by atoms with Crippen LogP contribution in [-0.2, 0) is 11.3 Å². The predicted octanol–water partition coefficient (Wildman–Crippen LogP) is 2.80. The fourth-order valence-electron chi connectivity index (χ4n) is 1.29. The molecule has 0 aliphatic carbocycles. The lowest BCUT2D eigenvalue weighted by atomic mass is 10.3. The number of rotatable bonds is 5. The highest BCUT2D eigenvalue weighted by atomic mass is 79.9. The molecule has 2 aromatic heterocycles. The predicted molar refractivity (Wildman–Crippen MR) is 70.1 cm³/mol. The normalized spacial score (nSPS) is 10.4. The number of nitrogens with one attached hydrogen (secondary N) is 1. The zero-order chi connectivity index (χ0) is 12.1. The zero-order valence-electron chi connectivity index (χ0n) is 8.98. The van der Waals surface area contributed by atoms with Crippen LogP contribution in [0.1, 0.15) is 12.1 Å². The third-order valence-corrected chi connectivity index (χ3v) is 3.39. The lowest BCUT2D eigenvalue weighted by Crippen LogP contribution is -2.22. The highest BCUT2D eigenvalue weighted by Gasteiger charge is 2.08. The molecule has 6 heteroatoms. The third kappa shape index (κ3) is 3.41. The zero-order valence-corrected chi connectivity index (χ0v) is 11.4. The Kier molecular flexibility index (Phi) is 4.33. The average molecular weight is 315 g/mol.